The third kappa shape index (κ3) is 21.4. The Morgan fingerprint density at radius 2 is 0.524 bits per heavy atom. The topological polar surface area (TPSA) is 48.1 Å². The van der Waals surface area contributed by atoms with Gasteiger partial charge in [0.25, 0.3) is 0 Å². The number of halogens is 4. The molecule has 0 aliphatic carbocycles. The van der Waals surface area contributed by atoms with E-state index in [0.717, 1.165) is 52.4 Å². The van der Waals surface area contributed by atoms with Crippen molar-refractivity contribution in [2.45, 2.75) is 77.5 Å². The molecule has 0 saturated carbocycles. The predicted molar refractivity (Wildman–Crippen MR) is 192 cm³/mol. The highest BCUT2D eigenvalue weighted by Crippen LogP contribution is 2.06. The fourth-order valence-electron chi connectivity index (χ4n) is 4.60. The Kier molecular flexibility index (Phi) is 30.3. The zero-order valence-corrected chi connectivity index (χ0v) is 28.3. The van der Waals surface area contributed by atoms with E-state index in [4.69, 9.17) is 0 Å². The van der Waals surface area contributed by atoms with Crippen LogP contribution in [0.3, 0.4) is 0 Å². The Hall–Kier alpha value is -1.34. The van der Waals surface area contributed by atoms with Crippen molar-refractivity contribution in [3.8, 4) is 0 Å². The van der Waals surface area contributed by atoms with Crippen LogP contribution in [-0.4, -0.2) is 26.2 Å². The first-order valence-corrected chi connectivity index (χ1v) is 14.9. The molecule has 0 aliphatic rings. The first-order valence-electron chi connectivity index (χ1n) is 14.9. The van der Waals surface area contributed by atoms with Gasteiger partial charge in [-0.1, -0.05) is 111 Å². The Morgan fingerprint density at radius 3 is 0.786 bits per heavy atom. The van der Waals surface area contributed by atoms with E-state index < -0.39 is 0 Å². The molecule has 0 radical (unpaired) electrons. The molecular weight excluding hydrogens is 606 g/mol. The van der Waals surface area contributed by atoms with Crippen molar-refractivity contribution in [1.29, 1.82) is 0 Å². The molecule has 238 valence electrons. The van der Waals surface area contributed by atoms with Gasteiger partial charge in [0.2, 0.25) is 0 Å². The Morgan fingerprint density at radius 1 is 0.286 bits per heavy atom. The molecule has 0 aromatic heterocycles. The van der Waals surface area contributed by atoms with Crippen molar-refractivity contribution in [3.63, 3.8) is 0 Å². The molecule has 0 fully saturated rings. The van der Waals surface area contributed by atoms with E-state index in [1.165, 1.54) is 73.6 Å². The lowest BCUT2D eigenvalue weighted by molar-refractivity contribution is 0.562. The van der Waals surface area contributed by atoms with Gasteiger partial charge >= 0.3 is 0 Å². The zero-order valence-electron chi connectivity index (χ0n) is 25.0. The van der Waals surface area contributed by atoms with Gasteiger partial charge in [0.05, 0.1) is 0 Å². The minimum Gasteiger partial charge on any atom is -0.313 e. The number of unbranched alkanes of at least 4 members (excludes halogenated alkanes) is 6. The number of benzene rings is 3. The van der Waals surface area contributed by atoms with E-state index in [0.29, 0.717) is 0 Å². The maximum atomic E-state index is 3.60. The van der Waals surface area contributed by atoms with Crippen LogP contribution in [0.4, 0.5) is 0 Å². The standard InChI is InChI=1S/C34H50N4.4ClH/c1(11-23-35-27-31-15-7-5-8-16-31)3-13-25-37-29-33-19-21-34(22-20-33)30-38-26-14-4-2-12-24-36-28-32-17-9-6-10-18-32;;;;/h5-10,15-22,35-38H,1-4,11-14,23-30H2;4*1H. The summed E-state index contributed by atoms with van der Waals surface area (Å²) in [5.74, 6) is 0. The summed E-state index contributed by atoms with van der Waals surface area (Å²) >= 11 is 0. The molecule has 0 heterocycles. The van der Waals surface area contributed by atoms with Crippen LogP contribution in [0.15, 0.2) is 84.9 Å². The van der Waals surface area contributed by atoms with Crippen LogP contribution < -0.4 is 21.3 Å². The molecule has 3 aromatic carbocycles. The molecule has 4 nitrogen and oxygen atoms in total. The van der Waals surface area contributed by atoms with Crippen molar-refractivity contribution in [2.75, 3.05) is 26.2 Å². The Bertz CT molecular complexity index is 868. The summed E-state index contributed by atoms with van der Waals surface area (Å²) in [6.45, 7) is 8.30. The van der Waals surface area contributed by atoms with Gasteiger partial charge in [0, 0.05) is 26.2 Å². The highest BCUT2D eigenvalue weighted by molar-refractivity contribution is 5.86. The van der Waals surface area contributed by atoms with Crippen molar-refractivity contribution in [3.05, 3.63) is 107 Å². The minimum atomic E-state index is 0. The van der Waals surface area contributed by atoms with Crippen molar-refractivity contribution < 1.29 is 0 Å². The van der Waals surface area contributed by atoms with Crippen LogP contribution in [-0.2, 0) is 26.2 Å². The van der Waals surface area contributed by atoms with Crippen LogP contribution in [0, 0.1) is 0 Å². The summed E-state index contributed by atoms with van der Waals surface area (Å²) in [7, 11) is 0. The lowest BCUT2D eigenvalue weighted by atomic mass is 10.1. The molecule has 3 aromatic rings. The fraction of sp³-hybridized carbons (Fsp3) is 0.471. The molecule has 0 amide bonds. The quantitative estimate of drug-likeness (QED) is 0.0821. The number of nitrogens with one attached hydrogen (secondary N) is 4. The lowest BCUT2D eigenvalue weighted by Gasteiger charge is -2.08. The summed E-state index contributed by atoms with van der Waals surface area (Å²) in [6, 6.07) is 30.4. The smallest absolute Gasteiger partial charge is 0.0205 e. The number of hydrogen-bond donors (Lipinski definition) is 4. The van der Waals surface area contributed by atoms with E-state index in [1.807, 2.05) is 0 Å². The van der Waals surface area contributed by atoms with E-state index in [-0.39, 0.29) is 49.6 Å². The molecule has 0 saturated heterocycles. The van der Waals surface area contributed by atoms with Crippen LogP contribution >= 0.6 is 49.6 Å². The second kappa shape index (κ2) is 29.7. The van der Waals surface area contributed by atoms with Gasteiger partial charge in [-0.2, -0.15) is 0 Å². The van der Waals surface area contributed by atoms with Crippen LogP contribution in [0.2, 0.25) is 0 Å². The monoisotopic (exact) mass is 658 g/mol. The average molecular weight is 661 g/mol. The fourth-order valence-corrected chi connectivity index (χ4v) is 4.60. The zero-order chi connectivity index (χ0) is 26.4. The van der Waals surface area contributed by atoms with E-state index in [9.17, 15) is 0 Å². The van der Waals surface area contributed by atoms with Gasteiger partial charge in [0.15, 0.2) is 0 Å². The van der Waals surface area contributed by atoms with Crippen LogP contribution in [0.5, 0.6) is 0 Å². The van der Waals surface area contributed by atoms with Gasteiger partial charge in [0.1, 0.15) is 0 Å². The highest BCUT2D eigenvalue weighted by atomic mass is 35.5. The summed E-state index contributed by atoms with van der Waals surface area (Å²) < 4.78 is 0. The van der Waals surface area contributed by atoms with Gasteiger partial charge < -0.3 is 21.3 Å². The molecule has 4 N–H and O–H groups in total. The summed E-state index contributed by atoms with van der Waals surface area (Å²) in [4.78, 5) is 0. The van der Waals surface area contributed by atoms with E-state index in [2.05, 4.69) is 106 Å². The van der Waals surface area contributed by atoms with Gasteiger partial charge in [-0.3, -0.25) is 0 Å². The maximum absolute atomic E-state index is 3.60. The molecule has 0 bridgehead atoms. The molecule has 8 heteroatoms. The van der Waals surface area contributed by atoms with Crippen molar-refractivity contribution in [2.24, 2.45) is 0 Å². The molecule has 0 unspecified atom stereocenters. The lowest BCUT2D eigenvalue weighted by Crippen LogP contribution is -2.16. The van der Waals surface area contributed by atoms with Crippen LogP contribution in [0.25, 0.3) is 0 Å². The third-order valence-electron chi connectivity index (χ3n) is 6.94. The maximum Gasteiger partial charge on any atom is 0.0205 e. The second-order valence-corrected chi connectivity index (χ2v) is 10.3. The normalized spacial score (nSPS) is 10.1. The van der Waals surface area contributed by atoms with Crippen molar-refractivity contribution in [1.82, 2.24) is 21.3 Å². The SMILES string of the molecule is Cl.Cl.Cl.Cl.c1ccc(CNCCCCCCNCc2ccc(CNCCCCCCNCc3ccccc3)cc2)cc1. The second-order valence-electron chi connectivity index (χ2n) is 10.3. The van der Waals surface area contributed by atoms with Gasteiger partial charge in [-0.05, 0) is 74.1 Å². The molecule has 3 rings (SSSR count). The number of rotatable bonds is 22. The Balaban J connectivity index is 0. The van der Waals surface area contributed by atoms with E-state index >= 15 is 0 Å². The summed E-state index contributed by atoms with van der Waals surface area (Å²) in [5, 5.41) is 14.3. The summed E-state index contributed by atoms with van der Waals surface area (Å²) in [5.41, 5.74) is 5.48. The van der Waals surface area contributed by atoms with Crippen LogP contribution in [0.1, 0.15) is 73.6 Å². The predicted octanol–water partition coefficient (Wildman–Crippen LogP) is 8.25. The molecule has 0 spiro atoms. The first kappa shape index (κ1) is 42.8. The molecular formula is C34H54Cl4N4. The largest absolute Gasteiger partial charge is 0.313 e. The Labute approximate surface area is 280 Å². The van der Waals surface area contributed by atoms with Gasteiger partial charge in [-0.15, -0.1) is 49.6 Å². The van der Waals surface area contributed by atoms with E-state index in [1.54, 1.807) is 0 Å². The van der Waals surface area contributed by atoms with Gasteiger partial charge in [-0.25, -0.2) is 0 Å². The highest BCUT2D eigenvalue weighted by Gasteiger charge is 1.98. The molecule has 42 heavy (non-hydrogen) atoms. The molecule has 0 atom stereocenters. The third-order valence-corrected chi connectivity index (χ3v) is 6.94. The minimum absolute atomic E-state index is 0. The van der Waals surface area contributed by atoms with Crippen molar-refractivity contribution >= 4 is 49.6 Å². The first-order chi connectivity index (χ1) is 18.9. The summed E-state index contributed by atoms with van der Waals surface area (Å²) in [6.07, 6.45) is 10.2. The average Bonchev–Trinajstić information content (AvgIpc) is 2.97. The molecule has 0 aliphatic heterocycles. The number of hydrogen-bond acceptors (Lipinski definition) is 4.